The molecule has 2 rings (SSSR count). The number of benzene rings is 1. The fourth-order valence-corrected chi connectivity index (χ4v) is 2.31. The molecule has 0 fully saturated rings. The van der Waals surface area contributed by atoms with Gasteiger partial charge in [0, 0.05) is 12.8 Å². The fourth-order valence-electron chi connectivity index (χ4n) is 1.56. The number of thiazole rings is 1. The van der Waals surface area contributed by atoms with E-state index in [1.54, 1.807) is 7.11 Å². The van der Waals surface area contributed by atoms with E-state index in [1.165, 1.54) is 24.6 Å². The van der Waals surface area contributed by atoms with Gasteiger partial charge in [-0.1, -0.05) is 23.5 Å². The van der Waals surface area contributed by atoms with E-state index in [0.717, 1.165) is 11.3 Å². The van der Waals surface area contributed by atoms with Crippen molar-refractivity contribution in [2.75, 3.05) is 19.5 Å². The highest BCUT2D eigenvalue weighted by Crippen LogP contribution is 2.23. The monoisotopic (exact) mass is 278 g/mol. The summed E-state index contributed by atoms with van der Waals surface area (Å²) < 4.78 is 9.72. The van der Waals surface area contributed by atoms with Gasteiger partial charge < -0.3 is 14.8 Å². The zero-order valence-corrected chi connectivity index (χ0v) is 11.5. The Balaban J connectivity index is 2.10. The van der Waals surface area contributed by atoms with Gasteiger partial charge in [0.05, 0.1) is 19.9 Å². The van der Waals surface area contributed by atoms with Crippen molar-refractivity contribution in [3.63, 3.8) is 0 Å². The van der Waals surface area contributed by atoms with Gasteiger partial charge in [0.1, 0.15) is 4.88 Å². The molecule has 1 aromatic heterocycles. The maximum Gasteiger partial charge on any atom is 0.349 e. The van der Waals surface area contributed by atoms with Crippen LogP contribution in [0.5, 0.6) is 0 Å². The Morgan fingerprint density at radius 2 is 2.26 bits per heavy atom. The van der Waals surface area contributed by atoms with Crippen LogP contribution in [0.3, 0.4) is 0 Å². The molecule has 0 radical (unpaired) electrons. The van der Waals surface area contributed by atoms with Gasteiger partial charge in [0.15, 0.2) is 5.13 Å². The third kappa shape index (κ3) is 3.52. The number of nitrogens with zero attached hydrogens (tertiary/aromatic N) is 1. The summed E-state index contributed by atoms with van der Waals surface area (Å²) in [5.74, 6) is -0.376. The Morgan fingerprint density at radius 3 is 3.00 bits per heavy atom. The number of ether oxygens (including phenoxy) is 2. The van der Waals surface area contributed by atoms with E-state index in [4.69, 9.17) is 4.74 Å². The zero-order valence-electron chi connectivity index (χ0n) is 10.7. The Labute approximate surface area is 115 Å². The third-order valence-electron chi connectivity index (χ3n) is 2.38. The number of hydrogen-bond donors (Lipinski definition) is 1. The predicted octanol–water partition coefficient (Wildman–Crippen LogP) is 2.82. The molecule has 0 spiro atoms. The summed E-state index contributed by atoms with van der Waals surface area (Å²) in [5.41, 5.74) is 1.97. The van der Waals surface area contributed by atoms with Crippen LogP contribution in [0.25, 0.3) is 0 Å². The molecule has 0 saturated carbocycles. The Kier molecular flexibility index (Phi) is 4.48. The second kappa shape index (κ2) is 6.31. The van der Waals surface area contributed by atoms with E-state index in [2.05, 4.69) is 15.0 Å². The summed E-state index contributed by atoms with van der Waals surface area (Å²) in [6.07, 6.45) is 1.50. The largest absolute Gasteiger partial charge is 0.465 e. The Morgan fingerprint density at radius 1 is 1.42 bits per heavy atom. The summed E-state index contributed by atoms with van der Waals surface area (Å²) in [5, 5.41) is 3.79. The molecule has 1 heterocycles. The van der Waals surface area contributed by atoms with Crippen molar-refractivity contribution in [1.82, 2.24) is 4.98 Å². The SMILES string of the molecule is COCc1cccc(Nc2ncc(C(=O)OC)s2)c1. The highest BCUT2D eigenvalue weighted by atomic mass is 32.1. The number of anilines is 2. The molecular formula is C13H14N2O3S. The van der Waals surface area contributed by atoms with Crippen LogP contribution in [0.2, 0.25) is 0 Å². The van der Waals surface area contributed by atoms with E-state index in [-0.39, 0.29) is 5.97 Å². The number of hydrogen-bond acceptors (Lipinski definition) is 6. The molecule has 6 heteroatoms. The minimum absolute atomic E-state index is 0.376. The van der Waals surface area contributed by atoms with Gasteiger partial charge in [-0.3, -0.25) is 0 Å². The van der Waals surface area contributed by atoms with Crippen LogP contribution >= 0.6 is 11.3 Å². The number of rotatable bonds is 5. The van der Waals surface area contributed by atoms with Gasteiger partial charge in [0.25, 0.3) is 0 Å². The average Bonchev–Trinajstić information content (AvgIpc) is 2.87. The number of aromatic nitrogens is 1. The molecule has 1 N–H and O–H groups in total. The Bertz CT molecular complexity index is 569. The van der Waals surface area contributed by atoms with Crippen molar-refractivity contribution in [2.45, 2.75) is 6.61 Å². The molecular weight excluding hydrogens is 264 g/mol. The molecule has 0 aliphatic rings. The van der Waals surface area contributed by atoms with E-state index in [9.17, 15) is 4.79 Å². The molecule has 0 aliphatic carbocycles. The zero-order chi connectivity index (χ0) is 13.7. The van der Waals surface area contributed by atoms with E-state index in [1.807, 2.05) is 24.3 Å². The first-order valence-electron chi connectivity index (χ1n) is 5.62. The van der Waals surface area contributed by atoms with Crippen molar-refractivity contribution >= 4 is 28.1 Å². The topological polar surface area (TPSA) is 60.5 Å². The van der Waals surface area contributed by atoms with Crippen molar-refractivity contribution < 1.29 is 14.3 Å². The summed E-state index contributed by atoms with van der Waals surface area (Å²) >= 11 is 1.25. The number of methoxy groups -OCH3 is 2. The second-order valence-corrected chi connectivity index (χ2v) is 4.81. The van der Waals surface area contributed by atoms with Crippen LogP contribution in [0.15, 0.2) is 30.5 Å². The minimum Gasteiger partial charge on any atom is -0.465 e. The molecule has 0 aliphatic heterocycles. The van der Waals surface area contributed by atoms with Crippen LogP contribution in [-0.2, 0) is 16.1 Å². The lowest BCUT2D eigenvalue weighted by Crippen LogP contribution is -1.96. The molecule has 0 atom stereocenters. The van der Waals surface area contributed by atoms with Gasteiger partial charge in [-0.15, -0.1) is 0 Å². The van der Waals surface area contributed by atoms with Crippen molar-refractivity contribution in [1.29, 1.82) is 0 Å². The highest BCUT2D eigenvalue weighted by Gasteiger charge is 2.10. The van der Waals surface area contributed by atoms with E-state index >= 15 is 0 Å². The Hall–Kier alpha value is -1.92. The molecule has 100 valence electrons. The van der Waals surface area contributed by atoms with Gasteiger partial charge in [-0.25, -0.2) is 9.78 Å². The van der Waals surface area contributed by atoms with Gasteiger partial charge in [-0.05, 0) is 17.7 Å². The van der Waals surface area contributed by atoms with Gasteiger partial charge in [0.2, 0.25) is 0 Å². The highest BCUT2D eigenvalue weighted by molar-refractivity contribution is 7.17. The first-order valence-corrected chi connectivity index (χ1v) is 6.43. The summed E-state index contributed by atoms with van der Waals surface area (Å²) in [6, 6.07) is 7.82. The summed E-state index contributed by atoms with van der Waals surface area (Å²) in [6.45, 7) is 0.556. The van der Waals surface area contributed by atoms with Crippen LogP contribution < -0.4 is 5.32 Å². The summed E-state index contributed by atoms with van der Waals surface area (Å²) in [4.78, 5) is 15.9. The number of nitrogens with one attached hydrogen (secondary N) is 1. The number of esters is 1. The lowest BCUT2D eigenvalue weighted by Gasteiger charge is -2.05. The van der Waals surface area contributed by atoms with Crippen molar-refractivity contribution in [2.24, 2.45) is 0 Å². The maximum atomic E-state index is 11.3. The normalized spacial score (nSPS) is 10.2. The van der Waals surface area contributed by atoms with Crippen LogP contribution in [0, 0.1) is 0 Å². The molecule has 2 aromatic rings. The first-order chi connectivity index (χ1) is 9.22. The first kappa shape index (κ1) is 13.5. The second-order valence-electron chi connectivity index (χ2n) is 3.78. The molecule has 5 nitrogen and oxygen atoms in total. The quantitative estimate of drug-likeness (QED) is 0.852. The number of carbonyl (C=O) groups excluding carboxylic acids is 1. The predicted molar refractivity (Wildman–Crippen MR) is 73.9 cm³/mol. The molecule has 0 saturated heterocycles. The smallest absolute Gasteiger partial charge is 0.349 e. The lowest BCUT2D eigenvalue weighted by atomic mass is 10.2. The standard InChI is InChI=1S/C13H14N2O3S/c1-17-8-9-4-3-5-10(6-9)15-13-14-7-11(19-13)12(16)18-2/h3-7H,8H2,1-2H3,(H,14,15). The molecule has 19 heavy (non-hydrogen) atoms. The van der Waals surface area contributed by atoms with Crippen LogP contribution in [0.1, 0.15) is 15.2 Å². The van der Waals surface area contributed by atoms with Crippen molar-refractivity contribution in [3.05, 3.63) is 40.9 Å². The van der Waals surface area contributed by atoms with Crippen LogP contribution in [-0.4, -0.2) is 25.2 Å². The van der Waals surface area contributed by atoms with E-state index < -0.39 is 0 Å². The maximum absolute atomic E-state index is 11.3. The summed E-state index contributed by atoms with van der Waals surface area (Å²) in [7, 11) is 3.01. The third-order valence-corrected chi connectivity index (χ3v) is 3.27. The molecule has 0 unspecified atom stereocenters. The van der Waals surface area contributed by atoms with Crippen LogP contribution in [0.4, 0.5) is 10.8 Å². The minimum atomic E-state index is -0.376. The van der Waals surface area contributed by atoms with Gasteiger partial charge >= 0.3 is 5.97 Å². The van der Waals surface area contributed by atoms with Gasteiger partial charge in [-0.2, -0.15) is 0 Å². The molecule has 1 aromatic carbocycles. The van der Waals surface area contributed by atoms with E-state index in [0.29, 0.717) is 16.6 Å². The van der Waals surface area contributed by atoms with Crippen molar-refractivity contribution in [3.8, 4) is 0 Å². The molecule has 0 amide bonds. The number of carbonyl (C=O) groups is 1. The fraction of sp³-hybridized carbons (Fsp3) is 0.231. The molecule has 0 bridgehead atoms. The average molecular weight is 278 g/mol. The lowest BCUT2D eigenvalue weighted by molar-refractivity contribution is 0.0606.